The zero-order chi connectivity index (χ0) is 46.0. The lowest BCUT2D eigenvalue weighted by Gasteiger charge is -2.32. The normalized spacial score (nSPS) is 12.3. The zero-order valence-electron chi connectivity index (χ0n) is 39.8. The number of hydrogen-bond donors (Lipinski definition) is 0. The number of para-hydroxylation sites is 2. The van der Waals surface area contributed by atoms with Gasteiger partial charge in [-0.2, -0.15) is 0 Å². The van der Waals surface area contributed by atoms with Crippen LogP contribution in [0.1, 0.15) is 79.0 Å². The van der Waals surface area contributed by atoms with Gasteiger partial charge in [0, 0.05) is 27.6 Å². The van der Waals surface area contributed by atoms with E-state index in [1.54, 1.807) is 0 Å². The second-order valence-electron chi connectivity index (χ2n) is 21.1. The molecule has 66 heavy (non-hydrogen) atoms. The third-order valence-corrected chi connectivity index (χ3v) is 13.3. The van der Waals surface area contributed by atoms with Crippen LogP contribution in [0.4, 0.5) is 17.1 Å². The van der Waals surface area contributed by atoms with E-state index < -0.39 is 0 Å². The minimum Gasteiger partial charge on any atom is -0.456 e. The Morgan fingerprint density at radius 3 is 1.64 bits per heavy atom. The maximum Gasteiger partial charge on any atom is 0.135 e. The van der Waals surface area contributed by atoms with Crippen molar-refractivity contribution in [2.45, 2.75) is 78.6 Å². The lowest BCUT2D eigenvalue weighted by Crippen LogP contribution is -2.16. The van der Waals surface area contributed by atoms with Crippen molar-refractivity contribution in [3.8, 4) is 44.5 Å². The van der Waals surface area contributed by atoms with Gasteiger partial charge in [0.05, 0.1) is 11.4 Å². The standard InChI is InChI=1S/C64H59NO/c1-62(2,3)47-33-34-58(55(41-47)42-20-11-10-12-21-42)65(50-25-17-24-44(38-50)45-32-35-60-56(39-45)53-27-14-16-31-59(53)66-60)57-30-15-13-26-52(57)54-29-19-23-43-22-18-28-51(61(43)54)46-36-48(63(4,5)6)40-49(37-46)64(7,8)9/h10-41H,1-9H3. The van der Waals surface area contributed by atoms with E-state index >= 15 is 0 Å². The molecule has 9 aromatic carbocycles. The molecule has 2 heteroatoms. The fourth-order valence-corrected chi connectivity index (χ4v) is 9.54. The predicted molar refractivity (Wildman–Crippen MR) is 284 cm³/mol. The first kappa shape index (κ1) is 42.8. The Balaban J connectivity index is 1.24. The van der Waals surface area contributed by atoms with Crippen LogP contribution in [0, 0.1) is 0 Å². The highest BCUT2D eigenvalue weighted by Gasteiger charge is 2.26. The molecule has 0 N–H and O–H groups in total. The first-order chi connectivity index (χ1) is 31.6. The number of anilines is 3. The summed E-state index contributed by atoms with van der Waals surface area (Å²) in [6, 6.07) is 71.8. The third kappa shape index (κ3) is 8.00. The fraction of sp³-hybridized carbons (Fsp3) is 0.188. The molecule has 10 aromatic rings. The minimum absolute atomic E-state index is 0.0118. The third-order valence-electron chi connectivity index (χ3n) is 13.3. The summed E-state index contributed by atoms with van der Waals surface area (Å²) in [5.74, 6) is 0. The van der Waals surface area contributed by atoms with E-state index in [0.29, 0.717) is 0 Å². The van der Waals surface area contributed by atoms with Crippen molar-refractivity contribution in [1.29, 1.82) is 0 Å². The van der Waals surface area contributed by atoms with E-state index in [4.69, 9.17) is 4.42 Å². The van der Waals surface area contributed by atoms with E-state index in [1.807, 2.05) is 12.1 Å². The molecule has 0 spiro atoms. The molecule has 326 valence electrons. The molecule has 0 unspecified atom stereocenters. The lowest BCUT2D eigenvalue weighted by atomic mass is 9.78. The van der Waals surface area contributed by atoms with Crippen molar-refractivity contribution in [1.82, 2.24) is 0 Å². The average Bonchev–Trinajstić information content (AvgIpc) is 3.69. The summed E-state index contributed by atoms with van der Waals surface area (Å²) < 4.78 is 6.26. The molecule has 0 atom stereocenters. The fourth-order valence-electron chi connectivity index (χ4n) is 9.54. The van der Waals surface area contributed by atoms with Gasteiger partial charge in [-0.15, -0.1) is 0 Å². The van der Waals surface area contributed by atoms with Crippen LogP contribution >= 0.6 is 0 Å². The number of rotatable bonds is 7. The van der Waals surface area contributed by atoms with Crippen molar-refractivity contribution in [3.05, 3.63) is 211 Å². The smallest absolute Gasteiger partial charge is 0.135 e. The Bertz CT molecular complexity index is 3380. The average molecular weight is 858 g/mol. The summed E-state index contributed by atoms with van der Waals surface area (Å²) in [5.41, 5.74) is 18.5. The molecule has 2 nitrogen and oxygen atoms in total. The summed E-state index contributed by atoms with van der Waals surface area (Å²) in [6.07, 6.45) is 0. The van der Waals surface area contributed by atoms with Gasteiger partial charge in [-0.05, 0) is 126 Å². The molecular weight excluding hydrogens is 799 g/mol. The Kier molecular flexibility index (Phi) is 10.6. The van der Waals surface area contributed by atoms with Crippen molar-refractivity contribution in [2.75, 3.05) is 4.90 Å². The van der Waals surface area contributed by atoms with E-state index in [9.17, 15) is 0 Å². The number of furan rings is 1. The van der Waals surface area contributed by atoms with E-state index in [1.165, 1.54) is 55.3 Å². The summed E-state index contributed by atoms with van der Waals surface area (Å²) in [6.45, 7) is 20.8. The van der Waals surface area contributed by atoms with Crippen LogP contribution in [0.15, 0.2) is 199 Å². The summed E-state index contributed by atoms with van der Waals surface area (Å²) >= 11 is 0. The topological polar surface area (TPSA) is 16.4 Å². The van der Waals surface area contributed by atoms with Crippen LogP contribution in [-0.2, 0) is 16.2 Å². The monoisotopic (exact) mass is 857 g/mol. The highest BCUT2D eigenvalue weighted by Crippen LogP contribution is 2.49. The molecule has 10 rings (SSSR count). The first-order valence-electron chi connectivity index (χ1n) is 23.4. The van der Waals surface area contributed by atoms with Crippen LogP contribution < -0.4 is 4.90 Å². The second kappa shape index (κ2) is 16.4. The number of fused-ring (bicyclic) bond motifs is 4. The molecular formula is C64H59NO. The van der Waals surface area contributed by atoms with Gasteiger partial charge in [0.2, 0.25) is 0 Å². The molecule has 0 saturated heterocycles. The maximum atomic E-state index is 6.26. The van der Waals surface area contributed by atoms with Crippen LogP contribution in [0.3, 0.4) is 0 Å². The Hall–Kier alpha value is -7.16. The van der Waals surface area contributed by atoms with Crippen LogP contribution in [0.5, 0.6) is 0 Å². The van der Waals surface area contributed by atoms with Gasteiger partial charge < -0.3 is 9.32 Å². The molecule has 1 heterocycles. The molecule has 0 aliphatic carbocycles. The zero-order valence-corrected chi connectivity index (χ0v) is 39.8. The second-order valence-corrected chi connectivity index (χ2v) is 21.1. The Labute approximate surface area is 391 Å². The van der Waals surface area contributed by atoms with Gasteiger partial charge >= 0.3 is 0 Å². The largest absolute Gasteiger partial charge is 0.456 e. The maximum absolute atomic E-state index is 6.26. The quantitative estimate of drug-likeness (QED) is 0.159. The van der Waals surface area contributed by atoms with Gasteiger partial charge in [-0.1, -0.05) is 208 Å². The summed E-state index contributed by atoms with van der Waals surface area (Å²) in [5, 5.41) is 4.71. The number of hydrogen-bond acceptors (Lipinski definition) is 2. The van der Waals surface area contributed by atoms with Crippen LogP contribution in [-0.4, -0.2) is 0 Å². The Morgan fingerprint density at radius 2 is 0.909 bits per heavy atom. The van der Waals surface area contributed by atoms with Gasteiger partial charge in [-0.3, -0.25) is 0 Å². The predicted octanol–water partition coefficient (Wildman–Crippen LogP) is 18.8. The van der Waals surface area contributed by atoms with E-state index in [0.717, 1.165) is 55.7 Å². The van der Waals surface area contributed by atoms with E-state index in [-0.39, 0.29) is 16.2 Å². The SMILES string of the molecule is CC(C)(C)c1cc(-c2cccc3cccc(-c4ccccc4N(c4cccc(-c5ccc6oc7ccccc7c6c5)c4)c4ccc(C(C)(C)C)cc4-c4ccccc4)c23)cc(C(C)(C)C)c1. The molecule has 1 aromatic heterocycles. The van der Waals surface area contributed by atoms with Crippen molar-refractivity contribution in [3.63, 3.8) is 0 Å². The highest BCUT2D eigenvalue weighted by molar-refractivity contribution is 6.10. The van der Waals surface area contributed by atoms with E-state index in [2.05, 4.69) is 249 Å². The van der Waals surface area contributed by atoms with Gasteiger partial charge in [0.15, 0.2) is 0 Å². The molecule has 0 saturated carbocycles. The van der Waals surface area contributed by atoms with Crippen LogP contribution in [0.2, 0.25) is 0 Å². The van der Waals surface area contributed by atoms with Gasteiger partial charge in [-0.25, -0.2) is 0 Å². The first-order valence-corrected chi connectivity index (χ1v) is 23.4. The highest BCUT2D eigenvalue weighted by atomic mass is 16.3. The molecule has 0 amide bonds. The molecule has 0 aliphatic rings. The van der Waals surface area contributed by atoms with Crippen LogP contribution in [0.25, 0.3) is 77.2 Å². The van der Waals surface area contributed by atoms with Crippen molar-refractivity contribution < 1.29 is 4.42 Å². The molecule has 0 fully saturated rings. The van der Waals surface area contributed by atoms with Crippen molar-refractivity contribution in [2.24, 2.45) is 0 Å². The number of nitrogens with zero attached hydrogens (tertiary/aromatic N) is 1. The van der Waals surface area contributed by atoms with Crippen molar-refractivity contribution >= 4 is 49.8 Å². The minimum atomic E-state index is -0.0445. The Morgan fingerprint density at radius 1 is 0.333 bits per heavy atom. The lowest BCUT2D eigenvalue weighted by molar-refractivity contribution is 0.569. The molecule has 0 bridgehead atoms. The van der Waals surface area contributed by atoms with Gasteiger partial charge in [0.25, 0.3) is 0 Å². The number of benzene rings is 9. The van der Waals surface area contributed by atoms with Gasteiger partial charge in [0.1, 0.15) is 11.2 Å². The summed E-state index contributed by atoms with van der Waals surface area (Å²) in [4.78, 5) is 2.50. The summed E-state index contributed by atoms with van der Waals surface area (Å²) in [7, 11) is 0. The molecule has 0 radical (unpaired) electrons. The molecule has 0 aliphatic heterocycles.